The standard InChI is InChI=1S/C25H16N2S/c1-15-26-23(19-11-10-16-6-2-3-8-18(16)14-19)22-21-13-12-17-7-4-5-9-20(17)24(21)28-25(22)27-15/h2-14H,1H3. The van der Waals surface area contributed by atoms with Crippen LogP contribution in [0.3, 0.4) is 0 Å². The van der Waals surface area contributed by atoms with E-state index in [4.69, 9.17) is 9.97 Å². The van der Waals surface area contributed by atoms with E-state index in [2.05, 4.69) is 78.9 Å². The van der Waals surface area contributed by atoms with Crippen molar-refractivity contribution in [2.24, 2.45) is 0 Å². The molecule has 0 aliphatic heterocycles. The van der Waals surface area contributed by atoms with Gasteiger partial charge in [-0.15, -0.1) is 11.3 Å². The summed E-state index contributed by atoms with van der Waals surface area (Å²) < 4.78 is 1.29. The second-order valence-corrected chi connectivity index (χ2v) is 8.13. The Kier molecular flexibility index (Phi) is 3.28. The van der Waals surface area contributed by atoms with Crippen molar-refractivity contribution < 1.29 is 0 Å². The lowest BCUT2D eigenvalue weighted by Gasteiger charge is -2.07. The van der Waals surface area contributed by atoms with Crippen LogP contribution < -0.4 is 0 Å². The molecule has 2 aromatic heterocycles. The van der Waals surface area contributed by atoms with Gasteiger partial charge in [0.25, 0.3) is 0 Å². The van der Waals surface area contributed by atoms with E-state index in [9.17, 15) is 0 Å². The molecule has 6 rings (SSSR count). The summed E-state index contributed by atoms with van der Waals surface area (Å²) >= 11 is 1.77. The highest BCUT2D eigenvalue weighted by Crippen LogP contribution is 2.41. The minimum absolute atomic E-state index is 0.812. The number of thiophene rings is 1. The molecule has 2 heterocycles. The number of fused-ring (bicyclic) bond motifs is 6. The summed E-state index contributed by atoms with van der Waals surface area (Å²) in [6.07, 6.45) is 0. The second-order valence-electron chi connectivity index (χ2n) is 7.13. The Morgan fingerprint density at radius 2 is 1.43 bits per heavy atom. The van der Waals surface area contributed by atoms with E-state index in [0.29, 0.717) is 0 Å². The minimum atomic E-state index is 0.812. The Balaban J connectivity index is 1.74. The quantitative estimate of drug-likeness (QED) is 0.305. The molecule has 0 saturated heterocycles. The largest absolute Gasteiger partial charge is 0.232 e. The van der Waals surface area contributed by atoms with E-state index in [1.165, 1.54) is 31.6 Å². The van der Waals surface area contributed by atoms with Crippen LogP contribution in [-0.2, 0) is 0 Å². The fraction of sp³-hybridized carbons (Fsp3) is 0.0400. The third kappa shape index (κ3) is 2.26. The molecule has 132 valence electrons. The zero-order valence-electron chi connectivity index (χ0n) is 15.3. The molecule has 0 spiro atoms. The fourth-order valence-electron chi connectivity index (χ4n) is 4.06. The Hall–Kier alpha value is -3.30. The molecule has 0 atom stereocenters. The third-order valence-electron chi connectivity index (χ3n) is 5.36. The topological polar surface area (TPSA) is 25.8 Å². The van der Waals surface area contributed by atoms with Crippen molar-refractivity contribution in [3.63, 3.8) is 0 Å². The molecular weight excluding hydrogens is 360 g/mol. The molecule has 28 heavy (non-hydrogen) atoms. The molecule has 4 aromatic carbocycles. The Morgan fingerprint density at radius 3 is 2.32 bits per heavy atom. The van der Waals surface area contributed by atoms with E-state index < -0.39 is 0 Å². The van der Waals surface area contributed by atoms with E-state index in [1.54, 1.807) is 11.3 Å². The van der Waals surface area contributed by atoms with Crippen molar-refractivity contribution >= 4 is 53.2 Å². The first-order valence-corrected chi connectivity index (χ1v) is 10.2. The summed E-state index contributed by atoms with van der Waals surface area (Å²) in [6.45, 7) is 1.98. The lowest BCUT2D eigenvalue weighted by Crippen LogP contribution is -1.92. The molecule has 0 amide bonds. The average molecular weight is 376 g/mol. The molecule has 6 aromatic rings. The average Bonchev–Trinajstić information content (AvgIpc) is 3.11. The zero-order chi connectivity index (χ0) is 18.7. The minimum Gasteiger partial charge on any atom is -0.232 e. The molecule has 0 bridgehead atoms. The second kappa shape index (κ2) is 5.85. The van der Waals surface area contributed by atoms with Crippen LogP contribution in [0.4, 0.5) is 0 Å². The van der Waals surface area contributed by atoms with Crippen LogP contribution in [-0.4, -0.2) is 9.97 Å². The summed E-state index contributed by atoms with van der Waals surface area (Å²) in [5, 5.41) is 7.42. The summed E-state index contributed by atoms with van der Waals surface area (Å²) in [6, 6.07) is 28.0. The van der Waals surface area contributed by atoms with Crippen molar-refractivity contribution in [2.45, 2.75) is 6.92 Å². The molecule has 0 radical (unpaired) electrons. The number of nitrogens with zero attached hydrogens (tertiary/aromatic N) is 2. The van der Waals surface area contributed by atoms with Crippen LogP contribution in [0.15, 0.2) is 78.9 Å². The molecule has 0 saturated carbocycles. The lowest BCUT2D eigenvalue weighted by atomic mass is 10.0. The van der Waals surface area contributed by atoms with Gasteiger partial charge in [-0.1, -0.05) is 72.8 Å². The van der Waals surface area contributed by atoms with Crippen LogP contribution >= 0.6 is 11.3 Å². The van der Waals surface area contributed by atoms with Crippen molar-refractivity contribution in [3.8, 4) is 11.3 Å². The maximum atomic E-state index is 4.88. The Bertz CT molecular complexity index is 1530. The van der Waals surface area contributed by atoms with Crippen molar-refractivity contribution in [1.82, 2.24) is 9.97 Å². The fourth-order valence-corrected chi connectivity index (χ4v) is 5.31. The molecule has 2 nitrogen and oxygen atoms in total. The van der Waals surface area contributed by atoms with Crippen LogP contribution in [0.5, 0.6) is 0 Å². The third-order valence-corrected chi connectivity index (χ3v) is 6.49. The molecule has 0 aliphatic rings. The number of benzene rings is 4. The van der Waals surface area contributed by atoms with Gasteiger partial charge in [-0.05, 0) is 34.5 Å². The zero-order valence-corrected chi connectivity index (χ0v) is 16.1. The highest BCUT2D eigenvalue weighted by molar-refractivity contribution is 7.26. The van der Waals surface area contributed by atoms with E-state index in [-0.39, 0.29) is 0 Å². The van der Waals surface area contributed by atoms with Crippen molar-refractivity contribution in [2.75, 3.05) is 0 Å². The van der Waals surface area contributed by atoms with Crippen molar-refractivity contribution in [1.29, 1.82) is 0 Å². The van der Waals surface area contributed by atoms with Gasteiger partial charge in [-0.2, -0.15) is 0 Å². The lowest BCUT2D eigenvalue weighted by molar-refractivity contribution is 1.10. The van der Waals surface area contributed by atoms with Crippen LogP contribution in [0.25, 0.3) is 53.1 Å². The first-order valence-electron chi connectivity index (χ1n) is 9.36. The summed E-state index contributed by atoms with van der Waals surface area (Å²) in [5.41, 5.74) is 2.16. The van der Waals surface area contributed by atoms with Gasteiger partial charge in [0.1, 0.15) is 10.7 Å². The van der Waals surface area contributed by atoms with Crippen LogP contribution in [0, 0.1) is 6.92 Å². The Morgan fingerprint density at radius 1 is 0.679 bits per heavy atom. The normalized spacial score (nSPS) is 11.8. The van der Waals surface area contributed by atoms with Gasteiger partial charge in [0.15, 0.2) is 0 Å². The molecule has 0 unspecified atom stereocenters. The molecular formula is C25H16N2S. The number of aryl methyl sites for hydroxylation is 1. The SMILES string of the molecule is Cc1nc(-c2ccc3ccccc3c2)c2c(n1)sc1c3ccccc3ccc12. The number of rotatable bonds is 1. The van der Waals surface area contributed by atoms with Gasteiger partial charge < -0.3 is 0 Å². The van der Waals surface area contributed by atoms with Gasteiger partial charge in [0, 0.05) is 21.0 Å². The summed E-state index contributed by atoms with van der Waals surface area (Å²) in [4.78, 5) is 10.7. The molecule has 0 aliphatic carbocycles. The maximum Gasteiger partial charge on any atom is 0.128 e. The predicted octanol–water partition coefficient (Wildman–Crippen LogP) is 7.13. The summed E-state index contributed by atoms with van der Waals surface area (Å²) in [5.74, 6) is 0.812. The smallest absolute Gasteiger partial charge is 0.128 e. The van der Waals surface area contributed by atoms with E-state index >= 15 is 0 Å². The first kappa shape index (κ1) is 15.7. The molecule has 0 fully saturated rings. The monoisotopic (exact) mass is 376 g/mol. The highest BCUT2D eigenvalue weighted by atomic mass is 32.1. The van der Waals surface area contributed by atoms with Crippen molar-refractivity contribution in [3.05, 3.63) is 84.7 Å². The van der Waals surface area contributed by atoms with Gasteiger partial charge in [0.05, 0.1) is 5.69 Å². The van der Waals surface area contributed by atoms with Gasteiger partial charge >= 0.3 is 0 Å². The number of hydrogen-bond donors (Lipinski definition) is 0. The van der Waals surface area contributed by atoms with Crippen LogP contribution in [0.2, 0.25) is 0 Å². The predicted molar refractivity (Wildman–Crippen MR) is 120 cm³/mol. The number of hydrogen-bond acceptors (Lipinski definition) is 3. The van der Waals surface area contributed by atoms with Gasteiger partial charge in [-0.3, -0.25) is 0 Å². The Labute approximate surface area is 166 Å². The molecule has 3 heteroatoms. The van der Waals surface area contributed by atoms with Gasteiger partial charge in [-0.25, -0.2) is 9.97 Å². The number of aromatic nitrogens is 2. The maximum absolute atomic E-state index is 4.88. The van der Waals surface area contributed by atoms with E-state index in [1.807, 2.05) is 6.92 Å². The summed E-state index contributed by atoms with van der Waals surface area (Å²) in [7, 11) is 0. The van der Waals surface area contributed by atoms with Crippen LogP contribution in [0.1, 0.15) is 5.82 Å². The highest BCUT2D eigenvalue weighted by Gasteiger charge is 2.16. The van der Waals surface area contributed by atoms with E-state index in [0.717, 1.165) is 27.3 Å². The van der Waals surface area contributed by atoms with Gasteiger partial charge in [0.2, 0.25) is 0 Å². The first-order chi connectivity index (χ1) is 13.8. The molecule has 0 N–H and O–H groups in total.